The summed E-state index contributed by atoms with van der Waals surface area (Å²) in [7, 11) is 0. The van der Waals surface area contributed by atoms with Gasteiger partial charge in [-0.3, -0.25) is 4.79 Å². The molecule has 1 heterocycles. The summed E-state index contributed by atoms with van der Waals surface area (Å²) in [5.41, 5.74) is 0. The van der Waals surface area contributed by atoms with E-state index in [0.29, 0.717) is 6.04 Å². The molecule has 75 valence electrons. The molecule has 0 aromatic carbocycles. The maximum atomic E-state index is 11.4. The lowest BCUT2D eigenvalue weighted by atomic mass is 10.1. The van der Waals surface area contributed by atoms with Crippen LogP contribution in [0.25, 0.3) is 0 Å². The van der Waals surface area contributed by atoms with Gasteiger partial charge in [0.15, 0.2) is 0 Å². The zero-order valence-corrected chi connectivity index (χ0v) is 8.72. The molecule has 0 spiro atoms. The summed E-state index contributed by atoms with van der Waals surface area (Å²) in [6, 6.07) is 0.438. The van der Waals surface area contributed by atoms with Crippen LogP contribution in [0, 0.1) is 6.92 Å². The van der Waals surface area contributed by atoms with Gasteiger partial charge in [0.2, 0.25) is 5.91 Å². The van der Waals surface area contributed by atoms with E-state index in [1.54, 1.807) is 0 Å². The van der Waals surface area contributed by atoms with Crippen LogP contribution in [0.15, 0.2) is 0 Å². The molecule has 0 bridgehead atoms. The number of halogens is 1. The van der Waals surface area contributed by atoms with Crippen molar-refractivity contribution < 1.29 is 4.79 Å². The predicted molar refractivity (Wildman–Crippen MR) is 54.7 cm³/mol. The van der Waals surface area contributed by atoms with Gasteiger partial charge in [-0.25, -0.2) is 0 Å². The van der Waals surface area contributed by atoms with Crippen LogP contribution < -0.4 is 0 Å². The van der Waals surface area contributed by atoms with E-state index in [1.807, 2.05) is 4.90 Å². The highest BCUT2D eigenvalue weighted by Crippen LogP contribution is 2.22. The van der Waals surface area contributed by atoms with E-state index in [4.69, 9.17) is 11.6 Å². The number of amides is 1. The van der Waals surface area contributed by atoms with E-state index < -0.39 is 0 Å². The van der Waals surface area contributed by atoms with Gasteiger partial charge in [-0.05, 0) is 19.3 Å². The predicted octanol–water partition coefficient (Wildman–Crippen LogP) is 2.22. The van der Waals surface area contributed by atoms with Crippen molar-refractivity contribution in [3.8, 4) is 0 Å². The average molecular weight is 203 g/mol. The molecule has 1 rings (SSSR count). The van der Waals surface area contributed by atoms with Gasteiger partial charge in [0.25, 0.3) is 0 Å². The normalized spacial score (nSPS) is 22.3. The molecule has 13 heavy (non-hydrogen) atoms. The molecule has 0 aromatic rings. The number of hydrogen-bond acceptors (Lipinski definition) is 1. The van der Waals surface area contributed by atoms with Crippen molar-refractivity contribution in [2.45, 2.75) is 38.1 Å². The van der Waals surface area contributed by atoms with Gasteiger partial charge < -0.3 is 4.90 Å². The second-order valence-electron chi connectivity index (χ2n) is 3.51. The molecular formula is C10H17ClNO. The van der Waals surface area contributed by atoms with Crippen molar-refractivity contribution in [1.29, 1.82) is 0 Å². The second-order valence-corrected chi connectivity index (χ2v) is 3.78. The molecule has 3 heteroatoms. The van der Waals surface area contributed by atoms with Gasteiger partial charge in [-0.15, -0.1) is 11.6 Å². The Balaban J connectivity index is 2.39. The topological polar surface area (TPSA) is 20.3 Å². The van der Waals surface area contributed by atoms with Gasteiger partial charge in [0.05, 0.1) is 0 Å². The smallest absolute Gasteiger partial charge is 0.237 e. The Hall–Kier alpha value is -0.240. The average Bonchev–Trinajstić information content (AvgIpc) is 2.61. The van der Waals surface area contributed by atoms with Gasteiger partial charge in [-0.1, -0.05) is 19.8 Å². The molecule has 1 aliphatic rings. The summed E-state index contributed by atoms with van der Waals surface area (Å²) in [6.45, 7) is 4.70. The van der Waals surface area contributed by atoms with E-state index in [1.165, 1.54) is 0 Å². The van der Waals surface area contributed by atoms with Crippen molar-refractivity contribution in [3.63, 3.8) is 0 Å². The minimum atomic E-state index is 0.0910. The Bertz CT molecular complexity index is 172. The van der Waals surface area contributed by atoms with Crippen LogP contribution in [0.4, 0.5) is 0 Å². The van der Waals surface area contributed by atoms with Gasteiger partial charge >= 0.3 is 0 Å². The first-order valence-corrected chi connectivity index (χ1v) is 5.47. The Morgan fingerprint density at radius 1 is 1.62 bits per heavy atom. The van der Waals surface area contributed by atoms with Crippen molar-refractivity contribution in [2.24, 2.45) is 0 Å². The van der Waals surface area contributed by atoms with Crippen LogP contribution in [0.3, 0.4) is 0 Å². The van der Waals surface area contributed by atoms with Crippen LogP contribution in [-0.2, 0) is 4.79 Å². The molecule has 1 saturated heterocycles. The van der Waals surface area contributed by atoms with Gasteiger partial charge in [0.1, 0.15) is 5.88 Å². The number of alkyl halides is 1. The Morgan fingerprint density at radius 3 is 3.00 bits per heavy atom. The number of hydrogen-bond donors (Lipinski definition) is 0. The molecule has 2 nitrogen and oxygen atoms in total. The first-order valence-electron chi connectivity index (χ1n) is 4.94. The molecule has 0 unspecified atom stereocenters. The number of unbranched alkanes of at least 4 members (excludes halogenated alkanes) is 1. The minimum absolute atomic E-state index is 0.0910. The fourth-order valence-corrected chi connectivity index (χ4v) is 2.07. The van der Waals surface area contributed by atoms with Crippen LogP contribution in [-0.4, -0.2) is 29.3 Å². The lowest BCUT2D eigenvalue weighted by Gasteiger charge is -2.23. The zero-order valence-electron chi connectivity index (χ0n) is 7.97. The first-order chi connectivity index (χ1) is 6.29. The number of likely N-dealkylation sites (tertiary alicyclic amines) is 1. The summed E-state index contributed by atoms with van der Waals surface area (Å²) in [4.78, 5) is 13.3. The van der Waals surface area contributed by atoms with E-state index in [2.05, 4.69) is 6.92 Å². The number of nitrogens with zero attached hydrogens (tertiary/aromatic N) is 1. The molecule has 1 radical (unpaired) electrons. The van der Waals surface area contributed by atoms with Crippen molar-refractivity contribution >= 4 is 17.5 Å². The largest absolute Gasteiger partial charge is 0.339 e. The van der Waals surface area contributed by atoms with Crippen LogP contribution in [0.2, 0.25) is 0 Å². The summed E-state index contributed by atoms with van der Waals surface area (Å²) in [6.07, 6.45) is 5.43. The maximum absolute atomic E-state index is 11.4. The first kappa shape index (κ1) is 10.8. The third kappa shape index (κ3) is 2.87. The van der Waals surface area contributed by atoms with Gasteiger partial charge in [0, 0.05) is 12.6 Å². The van der Waals surface area contributed by atoms with E-state index in [0.717, 1.165) is 38.6 Å². The molecule has 0 aliphatic carbocycles. The summed E-state index contributed by atoms with van der Waals surface area (Å²) in [5, 5.41) is 0. The van der Waals surface area contributed by atoms with Crippen LogP contribution in [0.5, 0.6) is 0 Å². The van der Waals surface area contributed by atoms with Crippen molar-refractivity contribution in [3.05, 3.63) is 6.92 Å². The van der Waals surface area contributed by atoms with E-state index in [9.17, 15) is 4.79 Å². The fraction of sp³-hybridized carbons (Fsp3) is 0.800. The fourth-order valence-electron chi connectivity index (χ4n) is 1.92. The monoisotopic (exact) mass is 202 g/mol. The highest BCUT2D eigenvalue weighted by molar-refractivity contribution is 6.27. The molecule has 0 aromatic heterocycles. The summed E-state index contributed by atoms with van der Waals surface area (Å²) in [5.74, 6) is 0.217. The highest BCUT2D eigenvalue weighted by atomic mass is 35.5. The van der Waals surface area contributed by atoms with E-state index >= 15 is 0 Å². The number of carbonyl (C=O) groups is 1. The molecular weight excluding hydrogens is 186 g/mol. The summed E-state index contributed by atoms with van der Waals surface area (Å²) < 4.78 is 0. The third-order valence-electron chi connectivity index (χ3n) is 2.60. The molecule has 0 N–H and O–H groups in total. The lowest BCUT2D eigenvalue weighted by molar-refractivity contribution is -0.129. The molecule has 1 fully saturated rings. The Morgan fingerprint density at radius 2 is 2.38 bits per heavy atom. The molecule has 1 aliphatic heterocycles. The second kappa shape index (κ2) is 5.48. The van der Waals surface area contributed by atoms with Crippen molar-refractivity contribution in [2.75, 3.05) is 12.4 Å². The third-order valence-corrected chi connectivity index (χ3v) is 2.83. The van der Waals surface area contributed by atoms with Crippen molar-refractivity contribution in [1.82, 2.24) is 4.90 Å². The molecule has 0 saturated carbocycles. The number of rotatable bonds is 4. The quantitative estimate of drug-likeness (QED) is 0.641. The standard InChI is InChI=1S/C10H17ClNO/c1-2-3-5-9-6-4-7-12(9)10(13)8-11/h9H,1-8H2/t9-/m0/s1. The lowest BCUT2D eigenvalue weighted by Crippen LogP contribution is -2.36. The van der Waals surface area contributed by atoms with Crippen LogP contribution in [0.1, 0.15) is 32.1 Å². The Labute approximate surface area is 85.2 Å². The van der Waals surface area contributed by atoms with E-state index in [-0.39, 0.29) is 11.8 Å². The highest BCUT2D eigenvalue weighted by Gasteiger charge is 2.26. The van der Waals surface area contributed by atoms with Crippen LogP contribution >= 0.6 is 11.6 Å². The summed E-state index contributed by atoms with van der Waals surface area (Å²) >= 11 is 5.53. The SMILES string of the molecule is [CH2]CCC[C@H]1CCCN1C(=O)CCl. The molecule has 1 amide bonds. The number of carbonyl (C=O) groups excluding carboxylic acids is 1. The van der Waals surface area contributed by atoms with Gasteiger partial charge in [-0.2, -0.15) is 0 Å². The zero-order chi connectivity index (χ0) is 9.68. The Kier molecular flexibility index (Phi) is 4.57. The maximum Gasteiger partial charge on any atom is 0.237 e. The minimum Gasteiger partial charge on any atom is -0.339 e. The molecule has 1 atom stereocenters.